The molecule has 0 radical (unpaired) electrons. The zero-order chi connectivity index (χ0) is 16.4. The number of hydrogen-bond donors (Lipinski definition) is 1. The summed E-state index contributed by atoms with van der Waals surface area (Å²) >= 11 is 0. The van der Waals surface area contributed by atoms with Gasteiger partial charge < -0.3 is 10.2 Å². The van der Waals surface area contributed by atoms with Crippen LogP contribution in [0.5, 0.6) is 0 Å². The number of aryl methyl sites for hydroxylation is 2. The van der Waals surface area contributed by atoms with Crippen LogP contribution in [0.25, 0.3) is 0 Å². The van der Waals surface area contributed by atoms with Gasteiger partial charge in [0.2, 0.25) is 5.91 Å². The Morgan fingerprint density at radius 2 is 2.22 bits per heavy atom. The van der Waals surface area contributed by atoms with Crippen LogP contribution in [0.15, 0.2) is 24.7 Å². The van der Waals surface area contributed by atoms with Crippen LogP contribution in [0.2, 0.25) is 0 Å². The Bertz CT molecular complexity index is 697. The van der Waals surface area contributed by atoms with E-state index < -0.39 is 0 Å². The van der Waals surface area contributed by atoms with Crippen LogP contribution in [0.4, 0.5) is 5.82 Å². The maximum Gasteiger partial charge on any atom is 0.222 e. The molecule has 1 aliphatic rings. The number of nitrogens with one attached hydrogen (secondary N) is 1. The number of carbonyl (C=O) groups excluding carboxylic acids is 1. The minimum Gasteiger partial charge on any atom is -0.370 e. The lowest BCUT2D eigenvalue weighted by Crippen LogP contribution is -2.42. The first-order valence-electron chi connectivity index (χ1n) is 7.82. The second-order valence-electron chi connectivity index (χ2n) is 6.07. The summed E-state index contributed by atoms with van der Waals surface area (Å²) in [7, 11) is 3.77. The summed E-state index contributed by atoms with van der Waals surface area (Å²) in [5.74, 6) is 2.07. The number of amides is 1. The molecule has 0 saturated carbocycles. The normalized spacial score (nSPS) is 21.5. The van der Waals surface area contributed by atoms with E-state index in [1.165, 1.54) is 0 Å². The molecular formula is C16H22N6O. The highest BCUT2D eigenvalue weighted by Crippen LogP contribution is 2.35. The van der Waals surface area contributed by atoms with E-state index in [1.807, 2.05) is 44.4 Å². The molecule has 3 rings (SSSR count). The highest BCUT2D eigenvalue weighted by molar-refractivity contribution is 5.77. The van der Waals surface area contributed by atoms with Crippen LogP contribution in [-0.4, -0.2) is 44.1 Å². The Morgan fingerprint density at radius 1 is 1.39 bits per heavy atom. The van der Waals surface area contributed by atoms with E-state index >= 15 is 0 Å². The second kappa shape index (κ2) is 6.36. The molecule has 2 aromatic heterocycles. The Hall–Kier alpha value is -2.44. The molecule has 23 heavy (non-hydrogen) atoms. The number of hydrogen-bond acceptors (Lipinski definition) is 5. The van der Waals surface area contributed by atoms with Crippen LogP contribution in [-0.2, 0) is 11.8 Å². The third kappa shape index (κ3) is 3.33. The van der Waals surface area contributed by atoms with E-state index in [1.54, 1.807) is 10.9 Å². The monoisotopic (exact) mass is 314 g/mol. The SMILES string of the molecule is Cc1nccc(NC[C@H]2CCC(=O)N(C)[C@@H]2c2cnn(C)c2)n1. The predicted molar refractivity (Wildman–Crippen MR) is 86.7 cm³/mol. The maximum atomic E-state index is 12.1. The number of piperidine rings is 1. The quantitative estimate of drug-likeness (QED) is 0.926. The molecule has 1 aliphatic heterocycles. The highest BCUT2D eigenvalue weighted by atomic mass is 16.2. The summed E-state index contributed by atoms with van der Waals surface area (Å²) in [5, 5.41) is 7.63. The van der Waals surface area contributed by atoms with Crippen molar-refractivity contribution >= 4 is 11.7 Å². The molecule has 2 atom stereocenters. The minimum atomic E-state index is 0.0420. The molecule has 3 heterocycles. The largest absolute Gasteiger partial charge is 0.370 e. The Morgan fingerprint density at radius 3 is 2.91 bits per heavy atom. The van der Waals surface area contributed by atoms with Crippen molar-refractivity contribution in [3.63, 3.8) is 0 Å². The van der Waals surface area contributed by atoms with Gasteiger partial charge in [-0.2, -0.15) is 5.10 Å². The molecule has 0 unspecified atom stereocenters. The predicted octanol–water partition coefficient (Wildman–Crippen LogP) is 1.54. The number of anilines is 1. The van der Waals surface area contributed by atoms with Gasteiger partial charge >= 0.3 is 0 Å². The Kier molecular flexibility index (Phi) is 4.27. The first-order chi connectivity index (χ1) is 11.0. The van der Waals surface area contributed by atoms with Crippen molar-refractivity contribution in [2.75, 3.05) is 18.9 Å². The lowest BCUT2D eigenvalue weighted by molar-refractivity contribution is -0.136. The average Bonchev–Trinajstić information content (AvgIpc) is 2.94. The smallest absolute Gasteiger partial charge is 0.222 e. The van der Waals surface area contributed by atoms with E-state index in [9.17, 15) is 4.79 Å². The fraction of sp³-hybridized carbons (Fsp3) is 0.500. The standard InChI is InChI=1S/C16H22N6O/c1-11-17-7-6-14(20-11)18-8-12-4-5-15(23)22(3)16(12)13-9-19-21(2)10-13/h6-7,9-10,12,16H,4-5,8H2,1-3H3,(H,17,18,20)/t12-,16+/m1/s1. The summed E-state index contributed by atoms with van der Waals surface area (Å²) in [6, 6.07) is 1.91. The summed E-state index contributed by atoms with van der Waals surface area (Å²) < 4.78 is 1.78. The van der Waals surface area contributed by atoms with Crippen molar-refractivity contribution in [3.05, 3.63) is 36.0 Å². The van der Waals surface area contributed by atoms with Crippen molar-refractivity contribution < 1.29 is 4.79 Å². The van der Waals surface area contributed by atoms with E-state index in [0.717, 1.165) is 30.2 Å². The van der Waals surface area contributed by atoms with Crippen LogP contribution >= 0.6 is 0 Å². The van der Waals surface area contributed by atoms with Crippen molar-refractivity contribution in [1.29, 1.82) is 0 Å². The molecule has 0 aliphatic carbocycles. The third-order valence-electron chi connectivity index (χ3n) is 4.37. The van der Waals surface area contributed by atoms with Gasteiger partial charge in [0, 0.05) is 50.9 Å². The van der Waals surface area contributed by atoms with Crippen molar-refractivity contribution in [2.45, 2.75) is 25.8 Å². The lowest BCUT2D eigenvalue weighted by atomic mass is 9.85. The molecule has 0 aromatic carbocycles. The molecule has 2 aromatic rings. The number of carbonyl (C=O) groups is 1. The highest BCUT2D eigenvalue weighted by Gasteiger charge is 2.35. The van der Waals surface area contributed by atoms with Gasteiger partial charge in [-0.3, -0.25) is 9.48 Å². The number of likely N-dealkylation sites (tertiary alicyclic amines) is 1. The molecule has 0 spiro atoms. The first-order valence-corrected chi connectivity index (χ1v) is 7.82. The van der Waals surface area contributed by atoms with Gasteiger partial charge in [-0.05, 0) is 19.4 Å². The zero-order valence-corrected chi connectivity index (χ0v) is 13.7. The van der Waals surface area contributed by atoms with E-state index in [-0.39, 0.29) is 11.9 Å². The molecule has 7 nitrogen and oxygen atoms in total. The molecule has 1 amide bonds. The number of rotatable bonds is 4. The van der Waals surface area contributed by atoms with Gasteiger partial charge in [0.25, 0.3) is 0 Å². The van der Waals surface area contributed by atoms with Gasteiger partial charge in [0.1, 0.15) is 11.6 Å². The number of nitrogens with zero attached hydrogens (tertiary/aromatic N) is 5. The second-order valence-corrected chi connectivity index (χ2v) is 6.07. The fourth-order valence-corrected chi connectivity index (χ4v) is 3.21. The maximum absolute atomic E-state index is 12.1. The van der Waals surface area contributed by atoms with E-state index in [4.69, 9.17) is 0 Å². The first kappa shape index (κ1) is 15.5. The van der Waals surface area contributed by atoms with Crippen LogP contribution in [0.3, 0.4) is 0 Å². The lowest BCUT2D eigenvalue weighted by Gasteiger charge is -2.38. The number of aromatic nitrogens is 4. The molecule has 7 heteroatoms. The molecule has 1 fully saturated rings. The Balaban J connectivity index is 1.76. The van der Waals surface area contributed by atoms with Gasteiger partial charge in [-0.1, -0.05) is 0 Å². The van der Waals surface area contributed by atoms with E-state index in [0.29, 0.717) is 12.3 Å². The third-order valence-corrected chi connectivity index (χ3v) is 4.37. The molecular weight excluding hydrogens is 292 g/mol. The summed E-state index contributed by atoms with van der Waals surface area (Å²) in [6.07, 6.45) is 7.03. The molecule has 1 saturated heterocycles. The van der Waals surface area contributed by atoms with Crippen LogP contribution < -0.4 is 5.32 Å². The van der Waals surface area contributed by atoms with Gasteiger partial charge in [0.05, 0.1) is 12.2 Å². The molecule has 1 N–H and O–H groups in total. The van der Waals surface area contributed by atoms with Gasteiger partial charge in [-0.25, -0.2) is 9.97 Å². The van der Waals surface area contributed by atoms with Crippen molar-refractivity contribution in [2.24, 2.45) is 13.0 Å². The average molecular weight is 314 g/mol. The summed E-state index contributed by atoms with van der Waals surface area (Å²) in [5.41, 5.74) is 1.08. The topological polar surface area (TPSA) is 75.9 Å². The summed E-state index contributed by atoms with van der Waals surface area (Å²) in [4.78, 5) is 22.4. The summed E-state index contributed by atoms with van der Waals surface area (Å²) in [6.45, 7) is 2.63. The van der Waals surface area contributed by atoms with Crippen LogP contribution in [0, 0.1) is 12.8 Å². The van der Waals surface area contributed by atoms with Gasteiger partial charge in [-0.15, -0.1) is 0 Å². The van der Waals surface area contributed by atoms with Gasteiger partial charge in [0.15, 0.2) is 0 Å². The zero-order valence-electron chi connectivity index (χ0n) is 13.7. The van der Waals surface area contributed by atoms with Crippen molar-refractivity contribution in [1.82, 2.24) is 24.6 Å². The fourth-order valence-electron chi connectivity index (χ4n) is 3.21. The molecule has 0 bridgehead atoms. The minimum absolute atomic E-state index is 0.0420. The van der Waals surface area contributed by atoms with E-state index in [2.05, 4.69) is 20.4 Å². The Labute approximate surface area is 135 Å². The van der Waals surface area contributed by atoms with Crippen molar-refractivity contribution in [3.8, 4) is 0 Å². The van der Waals surface area contributed by atoms with Crippen LogP contribution in [0.1, 0.15) is 30.3 Å². The molecule has 122 valence electrons.